The van der Waals surface area contributed by atoms with Gasteiger partial charge in [0.25, 0.3) is 0 Å². The molecule has 0 fully saturated rings. The van der Waals surface area contributed by atoms with Crippen molar-refractivity contribution in [3.05, 3.63) is 29.8 Å². The minimum Gasteiger partial charge on any atom is -0.398 e. The molecule has 2 amide bonds. The third kappa shape index (κ3) is 3.15. The molecule has 0 spiro atoms. The van der Waals surface area contributed by atoms with Gasteiger partial charge >= 0.3 is 6.03 Å². The van der Waals surface area contributed by atoms with E-state index >= 15 is 0 Å². The van der Waals surface area contributed by atoms with Crippen molar-refractivity contribution in [3.63, 3.8) is 0 Å². The lowest BCUT2D eigenvalue weighted by Crippen LogP contribution is -2.38. The van der Waals surface area contributed by atoms with Crippen molar-refractivity contribution in [1.29, 1.82) is 0 Å². The molecule has 0 saturated heterocycles. The van der Waals surface area contributed by atoms with Crippen molar-refractivity contribution in [1.82, 2.24) is 10.2 Å². The van der Waals surface area contributed by atoms with Gasteiger partial charge in [0.1, 0.15) is 0 Å². The number of hydrogen-bond acceptors (Lipinski definition) is 2. The SMILES string of the molecule is CCCN(Cc1ccccc1N)C(=O)NC. The molecule has 0 aliphatic heterocycles. The molecule has 16 heavy (non-hydrogen) atoms. The van der Waals surface area contributed by atoms with Crippen LogP contribution in [0.3, 0.4) is 0 Å². The van der Waals surface area contributed by atoms with E-state index in [-0.39, 0.29) is 6.03 Å². The number of rotatable bonds is 4. The van der Waals surface area contributed by atoms with Crippen molar-refractivity contribution in [2.75, 3.05) is 19.3 Å². The van der Waals surface area contributed by atoms with E-state index in [9.17, 15) is 4.79 Å². The van der Waals surface area contributed by atoms with Gasteiger partial charge in [0, 0.05) is 25.8 Å². The molecule has 4 nitrogen and oxygen atoms in total. The van der Waals surface area contributed by atoms with Crippen molar-refractivity contribution in [2.24, 2.45) is 0 Å². The Balaban J connectivity index is 2.75. The van der Waals surface area contributed by atoms with Crippen LogP contribution < -0.4 is 11.1 Å². The standard InChI is InChI=1S/C12H19N3O/c1-3-8-15(12(16)14-2)9-10-6-4-5-7-11(10)13/h4-7H,3,8-9,13H2,1-2H3,(H,14,16). The Kier molecular flexibility index (Phi) is 4.64. The summed E-state index contributed by atoms with van der Waals surface area (Å²) in [5.41, 5.74) is 7.56. The van der Waals surface area contributed by atoms with Crippen LogP contribution in [0.4, 0.5) is 10.5 Å². The number of amides is 2. The molecule has 0 saturated carbocycles. The lowest BCUT2D eigenvalue weighted by Gasteiger charge is -2.22. The van der Waals surface area contributed by atoms with Gasteiger partial charge in [-0.3, -0.25) is 0 Å². The molecule has 0 aromatic heterocycles. The molecule has 1 rings (SSSR count). The van der Waals surface area contributed by atoms with Crippen LogP contribution in [-0.2, 0) is 6.54 Å². The highest BCUT2D eigenvalue weighted by Gasteiger charge is 2.12. The van der Waals surface area contributed by atoms with E-state index in [0.717, 1.165) is 24.2 Å². The number of nitrogens with one attached hydrogen (secondary N) is 1. The lowest BCUT2D eigenvalue weighted by atomic mass is 10.1. The number of hydrogen-bond donors (Lipinski definition) is 2. The Morgan fingerprint density at radius 2 is 2.12 bits per heavy atom. The summed E-state index contributed by atoms with van der Waals surface area (Å²) >= 11 is 0. The third-order valence-electron chi connectivity index (χ3n) is 2.41. The number of nitrogens with zero attached hydrogens (tertiary/aromatic N) is 1. The molecule has 0 radical (unpaired) electrons. The summed E-state index contributed by atoms with van der Waals surface area (Å²) in [6.45, 7) is 3.33. The maximum absolute atomic E-state index is 11.6. The molecular weight excluding hydrogens is 202 g/mol. The summed E-state index contributed by atoms with van der Waals surface area (Å²) in [5, 5.41) is 2.64. The smallest absolute Gasteiger partial charge is 0.317 e. The zero-order chi connectivity index (χ0) is 12.0. The first-order chi connectivity index (χ1) is 7.69. The molecule has 0 bridgehead atoms. The number of anilines is 1. The van der Waals surface area contributed by atoms with Crippen LogP contribution in [0.2, 0.25) is 0 Å². The summed E-state index contributed by atoms with van der Waals surface area (Å²) in [4.78, 5) is 13.3. The minimum absolute atomic E-state index is 0.0647. The van der Waals surface area contributed by atoms with Crippen LogP contribution in [0.15, 0.2) is 24.3 Å². The molecule has 0 aliphatic carbocycles. The van der Waals surface area contributed by atoms with E-state index in [1.807, 2.05) is 31.2 Å². The van der Waals surface area contributed by atoms with Gasteiger partial charge in [-0.25, -0.2) is 4.79 Å². The monoisotopic (exact) mass is 221 g/mol. The van der Waals surface area contributed by atoms with Gasteiger partial charge in [0.05, 0.1) is 0 Å². The van der Waals surface area contributed by atoms with E-state index in [1.165, 1.54) is 0 Å². The average molecular weight is 221 g/mol. The topological polar surface area (TPSA) is 58.4 Å². The first-order valence-electron chi connectivity index (χ1n) is 5.49. The molecule has 1 aromatic carbocycles. The number of benzene rings is 1. The van der Waals surface area contributed by atoms with Gasteiger partial charge in [0.2, 0.25) is 0 Å². The Bertz CT molecular complexity index is 352. The fourth-order valence-electron chi connectivity index (χ4n) is 1.56. The number of nitrogens with two attached hydrogens (primary N) is 1. The summed E-state index contributed by atoms with van der Waals surface area (Å²) in [5.74, 6) is 0. The van der Waals surface area contributed by atoms with Crippen LogP contribution in [0.1, 0.15) is 18.9 Å². The highest BCUT2D eigenvalue weighted by Crippen LogP contribution is 2.13. The van der Waals surface area contributed by atoms with Crippen LogP contribution in [0.25, 0.3) is 0 Å². The van der Waals surface area contributed by atoms with Crippen LogP contribution in [0.5, 0.6) is 0 Å². The fourth-order valence-corrected chi connectivity index (χ4v) is 1.56. The normalized spacial score (nSPS) is 9.88. The maximum atomic E-state index is 11.6. The van der Waals surface area contributed by atoms with Gasteiger partial charge < -0.3 is 16.0 Å². The summed E-state index contributed by atoms with van der Waals surface area (Å²) in [7, 11) is 1.64. The molecule has 0 heterocycles. The summed E-state index contributed by atoms with van der Waals surface area (Å²) in [6, 6.07) is 7.55. The van der Waals surface area contributed by atoms with Gasteiger partial charge in [-0.1, -0.05) is 25.1 Å². The first-order valence-corrected chi connectivity index (χ1v) is 5.49. The second-order valence-corrected chi connectivity index (χ2v) is 3.68. The van der Waals surface area contributed by atoms with E-state index in [4.69, 9.17) is 5.73 Å². The van der Waals surface area contributed by atoms with Gasteiger partial charge in [-0.2, -0.15) is 0 Å². The number of carbonyl (C=O) groups excluding carboxylic acids is 1. The molecule has 0 unspecified atom stereocenters. The first kappa shape index (κ1) is 12.4. The van der Waals surface area contributed by atoms with E-state index in [1.54, 1.807) is 11.9 Å². The van der Waals surface area contributed by atoms with Gasteiger partial charge in [-0.15, -0.1) is 0 Å². The van der Waals surface area contributed by atoms with E-state index < -0.39 is 0 Å². The Labute approximate surface area is 96.4 Å². The number of urea groups is 1. The molecule has 4 heteroatoms. The quantitative estimate of drug-likeness (QED) is 0.762. The highest BCUT2D eigenvalue weighted by atomic mass is 16.2. The molecule has 88 valence electrons. The van der Waals surface area contributed by atoms with Gasteiger partial charge in [0.15, 0.2) is 0 Å². The summed E-state index contributed by atoms with van der Waals surface area (Å²) in [6.07, 6.45) is 0.931. The maximum Gasteiger partial charge on any atom is 0.317 e. The van der Waals surface area contributed by atoms with Crippen molar-refractivity contribution in [3.8, 4) is 0 Å². The zero-order valence-corrected chi connectivity index (χ0v) is 9.86. The van der Waals surface area contributed by atoms with Gasteiger partial charge in [-0.05, 0) is 18.1 Å². The number of para-hydroxylation sites is 1. The van der Waals surface area contributed by atoms with Crippen molar-refractivity contribution < 1.29 is 4.79 Å². The molecular formula is C12H19N3O. The van der Waals surface area contributed by atoms with Crippen LogP contribution >= 0.6 is 0 Å². The van der Waals surface area contributed by atoms with Crippen molar-refractivity contribution >= 4 is 11.7 Å². The third-order valence-corrected chi connectivity index (χ3v) is 2.41. The Morgan fingerprint density at radius 3 is 2.69 bits per heavy atom. The highest BCUT2D eigenvalue weighted by molar-refractivity contribution is 5.74. The molecule has 1 aromatic rings. The Hall–Kier alpha value is -1.71. The fraction of sp³-hybridized carbons (Fsp3) is 0.417. The van der Waals surface area contributed by atoms with E-state index in [2.05, 4.69) is 5.32 Å². The molecule has 0 atom stereocenters. The van der Waals surface area contributed by atoms with Crippen LogP contribution in [-0.4, -0.2) is 24.5 Å². The predicted molar refractivity (Wildman–Crippen MR) is 66.0 cm³/mol. The van der Waals surface area contributed by atoms with Crippen molar-refractivity contribution in [2.45, 2.75) is 19.9 Å². The average Bonchev–Trinajstić information content (AvgIpc) is 2.30. The Morgan fingerprint density at radius 1 is 1.44 bits per heavy atom. The number of nitrogen functional groups attached to an aromatic ring is 1. The second kappa shape index (κ2) is 6.00. The largest absolute Gasteiger partial charge is 0.398 e. The minimum atomic E-state index is -0.0647. The number of carbonyl (C=O) groups is 1. The summed E-state index contributed by atoms with van der Waals surface area (Å²) < 4.78 is 0. The predicted octanol–water partition coefficient (Wildman–Crippen LogP) is 1.82. The van der Waals surface area contributed by atoms with Crippen LogP contribution in [0, 0.1) is 0 Å². The molecule has 3 N–H and O–H groups in total. The zero-order valence-electron chi connectivity index (χ0n) is 9.86. The lowest BCUT2D eigenvalue weighted by molar-refractivity contribution is 0.197. The van der Waals surface area contributed by atoms with E-state index in [0.29, 0.717) is 6.54 Å². The second-order valence-electron chi connectivity index (χ2n) is 3.68. The molecule has 0 aliphatic rings.